The van der Waals surface area contributed by atoms with E-state index in [0.29, 0.717) is 6.10 Å². The molecule has 0 aromatic carbocycles. The first-order valence-electron chi connectivity index (χ1n) is 4.16. The highest BCUT2D eigenvalue weighted by molar-refractivity contribution is 4.66. The van der Waals surface area contributed by atoms with Crippen molar-refractivity contribution >= 4 is 0 Å². The van der Waals surface area contributed by atoms with Crippen LogP contribution in [-0.2, 0) is 9.47 Å². The van der Waals surface area contributed by atoms with Crippen LogP contribution in [0.25, 0.3) is 0 Å². The molecule has 0 bridgehead atoms. The second-order valence-electron chi connectivity index (χ2n) is 2.97. The van der Waals surface area contributed by atoms with Gasteiger partial charge in [-0.15, -0.1) is 0 Å². The van der Waals surface area contributed by atoms with Gasteiger partial charge in [-0.2, -0.15) is 0 Å². The Morgan fingerprint density at radius 2 is 2.45 bits per heavy atom. The van der Waals surface area contributed by atoms with Gasteiger partial charge in [0.05, 0.1) is 19.3 Å². The van der Waals surface area contributed by atoms with Gasteiger partial charge in [-0.1, -0.05) is 0 Å². The van der Waals surface area contributed by atoms with E-state index in [-0.39, 0.29) is 0 Å². The predicted octanol–water partition coefficient (Wildman–Crippen LogP) is 0.354. The average Bonchev–Trinajstić information content (AvgIpc) is 2.01. The lowest BCUT2D eigenvalue weighted by Crippen LogP contribution is -2.42. The quantitative estimate of drug-likeness (QED) is 0.593. The summed E-state index contributed by atoms with van der Waals surface area (Å²) in [5.74, 6) is 0. The molecule has 0 aromatic heterocycles. The maximum absolute atomic E-state index is 5.41. The van der Waals surface area contributed by atoms with E-state index in [0.717, 1.165) is 32.8 Å². The first kappa shape index (κ1) is 8.97. The fourth-order valence-electron chi connectivity index (χ4n) is 1.31. The van der Waals surface area contributed by atoms with Crippen molar-refractivity contribution in [2.24, 2.45) is 0 Å². The molecule has 1 aliphatic rings. The van der Waals surface area contributed by atoms with Crippen molar-refractivity contribution in [2.75, 3.05) is 40.0 Å². The molecule has 1 heterocycles. The smallest absolute Gasteiger partial charge is 0.0674 e. The zero-order chi connectivity index (χ0) is 8.10. The molecule has 66 valence electrons. The summed E-state index contributed by atoms with van der Waals surface area (Å²) in [5.41, 5.74) is 0. The summed E-state index contributed by atoms with van der Waals surface area (Å²) in [6.07, 6.45) is 0.389. The molecule has 0 amide bonds. The summed E-state index contributed by atoms with van der Waals surface area (Å²) in [7, 11) is 1.74. The summed E-state index contributed by atoms with van der Waals surface area (Å²) in [5, 5.41) is 0. The molecule has 1 aliphatic heterocycles. The number of ether oxygens (including phenoxy) is 2. The summed E-state index contributed by atoms with van der Waals surface area (Å²) in [6.45, 7) is 6.93. The van der Waals surface area contributed by atoms with Gasteiger partial charge >= 0.3 is 0 Å². The highest BCUT2D eigenvalue weighted by Gasteiger charge is 2.15. The number of morpholine rings is 1. The second kappa shape index (κ2) is 4.70. The number of hydrogen-bond acceptors (Lipinski definition) is 3. The SMILES string of the molecule is COCCN1CCO[C@H](C)C1. The van der Waals surface area contributed by atoms with Gasteiger partial charge in [0.25, 0.3) is 0 Å². The van der Waals surface area contributed by atoms with E-state index in [4.69, 9.17) is 9.47 Å². The third kappa shape index (κ3) is 3.18. The molecular formula is C8H17NO2. The molecule has 1 saturated heterocycles. The van der Waals surface area contributed by atoms with E-state index in [1.54, 1.807) is 7.11 Å². The first-order valence-corrected chi connectivity index (χ1v) is 4.16. The van der Waals surface area contributed by atoms with Crippen LogP contribution in [0.4, 0.5) is 0 Å². The maximum atomic E-state index is 5.41. The van der Waals surface area contributed by atoms with Gasteiger partial charge in [-0.25, -0.2) is 0 Å². The molecule has 0 aliphatic carbocycles. The molecule has 0 spiro atoms. The molecule has 0 N–H and O–H groups in total. The lowest BCUT2D eigenvalue weighted by atomic mass is 10.3. The molecule has 3 nitrogen and oxygen atoms in total. The third-order valence-corrected chi connectivity index (χ3v) is 1.94. The van der Waals surface area contributed by atoms with Gasteiger partial charge in [0.2, 0.25) is 0 Å². The number of hydrogen-bond donors (Lipinski definition) is 0. The Balaban J connectivity index is 2.12. The Hall–Kier alpha value is -0.120. The molecule has 11 heavy (non-hydrogen) atoms. The van der Waals surface area contributed by atoms with Gasteiger partial charge in [-0.05, 0) is 6.92 Å². The normalized spacial score (nSPS) is 27.3. The van der Waals surface area contributed by atoms with Gasteiger partial charge in [-0.3, -0.25) is 4.90 Å². The van der Waals surface area contributed by atoms with E-state index in [1.807, 2.05) is 0 Å². The minimum absolute atomic E-state index is 0.389. The Kier molecular flexibility index (Phi) is 3.83. The van der Waals surface area contributed by atoms with Crippen molar-refractivity contribution < 1.29 is 9.47 Å². The largest absolute Gasteiger partial charge is 0.383 e. The van der Waals surface area contributed by atoms with E-state index in [2.05, 4.69) is 11.8 Å². The van der Waals surface area contributed by atoms with Gasteiger partial charge in [0.1, 0.15) is 0 Å². The zero-order valence-corrected chi connectivity index (χ0v) is 7.38. The van der Waals surface area contributed by atoms with E-state index in [9.17, 15) is 0 Å². The van der Waals surface area contributed by atoms with Crippen LogP contribution in [-0.4, -0.2) is 51.0 Å². The van der Waals surface area contributed by atoms with E-state index >= 15 is 0 Å². The fraction of sp³-hybridized carbons (Fsp3) is 1.00. The van der Waals surface area contributed by atoms with Crippen molar-refractivity contribution in [2.45, 2.75) is 13.0 Å². The lowest BCUT2D eigenvalue weighted by molar-refractivity contribution is -0.0244. The monoisotopic (exact) mass is 159 g/mol. The second-order valence-corrected chi connectivity index (χ2v) is 2.97. The highest BCUT2D eigenvalue weighted by atomic mass is 16.5. The molecule has 0 radical (unpaired) electrons. The number of methoxy groups -OCH3 is 1. The van der Waals surface area contributed by atoms with Crippen LogP contribution in [0.2, 0.25) is 0 Å². The van der Waals surface area contributed by atoms with Crippen molar-refractivity contribution in [1.82, 2.24) is 4.90 Å². The van der Waals surface area contributed by atoms with Crippen LogP contribution in [0.15, 0.2) is 0 Å². The maximum Gasteiger partial charge on any atom is 0.0674 e. The molecular weight excluding hydrogens is 142 g/mol. The molecule has 1 atom stereocenters. The molecule has 0 aromatic rings. The van der Waals surface area contributed by atoms with Crippen LogP contribution >= 0.6 is 0 Å². The lowest BCUT2D eigenvalue weighted by Gasteiger charge is -2.30. The fourth-order valence-corrected chi connectivity index (χ4v) is 1.31. The summed E-state index contributed by atoms with van der Waals surface area (Å²) < 4.78 is 10.4. The van der Waals surface area contributed by atoms with Crippen molar-refractivity contribution in [3.63, 3.8) is 0 Å². The van der Waals surface area contributed by atoms with Crippen LogP contribution in [0.5, 0.6) is 0 Å². The average molecular weight is 159 g/mol. The van der Waals surface area contributed by atoms with Gasteiger partial charge in [0.15, 0.2) is 0 Å². The van der Waals surface area contributed by atoms with Gasteiger partial charge < -0.3 is 9.47 Å². The summed E-state index contributed by atoms with van der Waals surface area (Å²) in [4.78, 5) is 2.37. The molecule has 0 unspecified atom stereocenters. The van der Waals surface area contributed by atoms with Crippen LogP contribution < -0.4 is 0 Å². The minimum Gasteiger partial charge on any atom is -0.383 e. The highest BCUT2D eigenvalue weighted by Crippen LogP contribution is 2.02. The Morgan fingerprint density at radius 1 is 1.64 bits per heavy atom. The number of nitrogens with zero attached hydrogens (tertiary/aromatic N) is 1. The van der Waals surface area contributed by atoms with Crippen molar-refractivity contribution in [3.8, 4) is 0 Å². The predicted molar refractivity (Wildman–Crippen MR) is 43.7 cm³/mol. The summed E-state index contributed by atoms with van der Waals surface area (Å²) in [6, 6.07) is 0. The Bertz CT molecular complexity index is 108. The molecule has 0 saturated carbocycles. The van der Waals surface area contributed by atoms with E-state index < -0.39 is 0 Å². The topological polar surface area (TPSA) is 21.7 Å². The first-order chi connectivity index (χ1) is 5.33. The third-order valence-electron chi connectivity index (χ3n) is 1.94. The van der Waals surface area contributed by atoms with Crippen LogP contribution in [0.1, 0.15) is 6.92 Å². The minimum atomic E-state index is 0.389. The van der Waals surface area contributed by atoms with Gasteiger partial charge in [0, 0.05) is 26.7 Å². The van der Waals surface area contributed by atoms with E-state index in [1.165, 1.54) is 0 Å². The molecule has 3 heteroatoms. The summed E-state index contributed by atoms with van der Waals surface area (Å²) >= 11 is 0. The Labute approximate surface area is 68.3 Å². The number of rotatable bonds is 3. The zero-order valence-electron chi connectivity index (χ0n) is 7.38. The Morgan fingerprint density at radius 3 is 3.09 bits per heavy atom. The van der Waals surface area contributed by atoms with Crippen molar-refractivity contribution in [1.29, 1.82) is 0 Å². The standard InChI is InChI=1S/C8H17NO2/c1-8-7-9(3-5-10-2)4-6-11-8/h8H,3-7H2,1-2H3/t8-/m1/s1. The molecule has 1 fully saturated rings. The van der Waals surface area contributed by atoms with Crippen LogP contribution in [0.3, 0.4) is 0 Å². The van der Waals surface area contributed by atoms with Crippen LogP contribution in [0, 0.1) is 0 Å². The van der Waals surface area contributed by atoms with Crippen molar-refractivity contribution in [3.05, 3.63) is 0 Å². The molecule has 1 rings (SSSR count).